The van der Waals surface area contributed by atoms with E-state index in [2.05, 4.69) is 4.74 Å². The van der Waals surface area contributed by atoms with Crippen LogP contribution in [-0.2, 0) is 4.74 Å². The van der Waals surface area contributed by atoms with E-state index in [9.17, 15) is 4.39 Å². The van der Waals surface area contributed by atoms with Crippen molar-refractivity contribution in [2.45, 2.75) is 6.92 Å². The Hall–Kier alpha value is -0.110. The lowest BCUT2D eigenvalue weighted by atomic mass is 10.9. The lowest BCUT2D eigenvalue weighted by molar-refractivity contribution is 0.0672. The van der Waals surface area contributed by atoms with Crippen molar-refractivity contribution < 1.29 is 9.13 Å². The molecule has 1 nitrogen and oxygen atoms in total. The van der Waals surface area contributed by atoms with Crippen molar-refractivity contribution in [2.75, 3.05) is 13.5 Å². The van der Waals surface area contributed by atoms with Gasteiger partial charge in [0, 0.05) is 6.61 Å². The van der Waals surface area contributed by atoms with Gasteiger partial charge < -0.3 is 4.74 Å². The van der Waals surface area contributed by atoms with E-state index in [1.807, 2.05) is 0 Å². The zero-order valence-corrected chi connectivity index (χ0v) is 3.20. The highest BCUT2D eigenvalue weighted by Gasteiger charge is 1.67. The van der Waals surface area contributed by atoms with Crippen LogP contribution in [-0.4, -0.2) is 13.5 Å². The van der Waals surface area contributed by atoms with Crippen molar-refractivity contribution in [3.8, 4) is 0 Å². The molecule has 0 atom stereocenters. The van der Waals surface area contributed by atoms with Crippen molar-refractivity contribution in [2.24, 2.45) is 0 Å². The molecule has 0 bridgehead atoms. The first-order chi connectivity index (χ1) is 2.41. The summed E-state index contributed by atoms with van der Waals surface area (Å²) in [5.41, 5.74) is 0. The number of hydrogen-bond donors (Lipinski definition) is 0. The molecule has 5 heavy (non-hydrogen) atoms. The van der Waals surface area contributed by atoms with Gasteiger partial charge in [0.15, 0.2) is 6.86 Å². The van der Waals surface area contributed by atoms with E-state index < -0.39 is 6.86 Å². The van der Waals surface area contributed by atoms with Gasteiger partial charge in [-0.05, 0) is 6.92 Å². The number of ether oxygens (including phenoxy) is 1. The molecular weight excluding hydrogens is 71.0 g/mol. The summed E-state index contributed by atoms with van der Waals surface area (Å²) in [7, 11) is 0. The van der Waals surface area contributed by atoms with Gasteiger partial charge in [-0.1, -0.05) is 0 Å². The Morgan fingerprint density at radius 2 is 2.40 bits per heavy atom. The van der Waals surface area contributed by atoms with E-state index >= 15 is 0 Å². The molecule has 0 N–H and O–H groups in total. The Bertz CT molecular complexity index is 14.4. The maximum Gasteiger partial charge on any atom is 0.188 e. The first-order valence-electron chi connectivity index (χ1n) is 1.55. The minimum atomic E-state index is -0.656. The largest absolute Gasteiger partial charge is 0.351 e. The molecule has 0 aromatic rings. The van der Waals surface area contributed by atoms with Crippen molar-refractivity contribution in [3.05, 3.63) is 0 Å². The maximum atomic E-state index is 10.8. The molecule has 0 saturated heterocycles. The molecule has 0 spiro atoms. The van der Waals surface area contributed by atoms with Gasteiger partial charge in [0.25, 0.3) is 0 Å². The number of alkyl halides is 1. The van der Waals surface area contributed by atoms with Crippen molar-refractivity contribution in [1.82, 2.24) is 0 Å². The van der Waals surface area contributed by atoms with Crippen LogP contribution in [0.3, 0.4) is 0 Å². The minimum absolute atomic E-state index is 0.469. The predicted molar refractivity (Wildman–Crippen MR) is 17.6 cm³/mol. The van der Waals surface area contributed by atoms with Gasteiger partial charge in [-0.25, -0.2) is 4.39 Å². The molecule has 0 amide bonds. The van der Waals surface area contributed by atoms with Crippen molar-refractivity contribution >= 4 is 0 Å². The van der Waals surface area contributed by atoms with Gasteiger partial charge in [-0.15, -0.1) is 0 Å². The molecule has 0 heterocycles. The van der Waals surface area contributed by atoms with E-state index in [1.54, 1.807) is 6.92 Å². The summed E-state index contributed by atoms with van der Waals surface area (Å²) in [4.78, 5) is 0. The van der Waals surface area contributed by atoms with Gasteiger partial charge >= 0.3 is 0 Å². The second-order valence-corrected chi connectivity index (χ2v) is 0.602. The Morgan fingerprint density at radius 3 is 2.40 bits per heavy atom. The van der Waals surface area contributed by atoms with Crippen LogP contribution in [0.2, 0.25) is 0 Å². The summed E-state index contributed by atoms with van der Waals surface area (Å²) in [5.74, 6) is 0. The first kappa shape index (κ1) is 4.89. The lowest BCUT2D eigenvalue weighted by Crippen LogP contribution is -1.82. The Morgan fingerprint density at radius 1 is 1.80 bits per heavy atom. The monoisotopic (exact) mass is 78.0 g/mol. The number of hydrogen-bond acceptors (Lipinski definition) is 1. The van der Waals surface area contributed by atoms with Crippen LogP contribution in [0.15, 0.2) is 0 Å². The van der Waals surface area contributed by atoms with Crippen LogP contribution in [0.1, 0.15) is 6.92 Å². The van der Waals surface area contributed by atoms with Crippen molar-refractivity contribution in [3.63, 3.8) is 0 Å². The minimum Gasteiger partial charge on any atom is -0.351 e. The molecule has 0 aliphatic heterocycles. The summed E-state index contributed by atoms with van der Waals surface area (Å²) >= 11 is 0. The third-order valence-electron chi connectivity index (χ3n) is 0.281. The summed E-state index contributed by atoms with van der Waals surface area (Å²) in [6.45, 7) is 1.56. The molecule has 2 heteroatoms. The van der Waals surface area contributed by atoms with E-state index in [0.717, 1.165) is 0 Å². The van der Waals surface area contributed by atoms with E-state index in [1.165, 1.54) is 0 Å². The topological polar surface area (TPSA) is 9.23 Å². The molecule has 0 aliphatic carbocycles. The lowest BCUT2D eigenvalue weighted by Gasteiger charge is -1.83. The van der Waals surface area contributed by atoms with Crippen LogP contribution in [0.25, 0.3) is 0 Å². The number of halogens is 1. The summed E-state index contributed by atoms with van der Waals surface area (Å²) < 4.78 is 14.9. The van der Waals surface area contributed by atoms with Gasteiger partial charge in [-0.2, -0.15) is 0 Å². The molecule has 0 unspecified atom stereocenters. The highest BCUT2D eigenvalue weighted by atomic mass is 19.1. The van der Waals surface area contributed by atoms with Crippen LogP contribution >= 0.6 is 0 Å². The van der Waals surface area contributed by atoms with Gasteiger partial charge in [0.05, 0.1) is 0 Å². The first-order valence-corrected chi connectivity index (χ1v) is 1.55. The summed E-state index contributed by atoms with van der Waals surface area (Å²) in [6, 6.07) is 0. The van der Waals surface area contributed by atoms with Crippen LogP contribution in [0.4, 0.5) is 4.39 Å². The Balaban J connectivity index is 2.19. The highest BCUT2D eigenvalue weighted by Crippen LogP contribution is 1.68. The Labute approximate surface area is 30.7 Å². The van der Waals surface area contributed by atoms with E-state index in [4.69, 9.17) is 0 Å². The fraction of sp³-hybridized carbons (Fsp3) is 1.00. The average Bonchev–Trinajstić information content (AvgIpc) is 1.41. The molecule has 0 rings (SSSR count). The summed E-state index contributed by atoms with van der Waals surface area (Å²) in [5, 5.41) is 0. The zero-order chi connectivity index (χ0) is 4.12. The number of rotatable bonds is 2. The molecule has 0 saturated carbocycles. The van der Waals surface area contributed by atoms with Gasteiger partial charge in [-0.3, -0.25) is 0 Å². The normalized spacial score (nSPS) is 8.40. The van der Waals surface area contributed by atoms with Gasteiger partial charge in [0.2, 0.25) is 0 Å². The zero-order valence-electron chi connectivity index (χ0n) is 3.20. The standard InChI is InChI=1S/C3H7FO/c1-2-5-3-4/h2-3H2,1H3. The average molecular weight is 78.1 g/mol. The predicted octanol–water partition coefficient (Wildman–Crippen LogP) is 0.950. The molecule has 0 radical (unpaired) electrons. The van der Waals surface area contributed by atoms with Gasteiger partial charge in [0.1, 0.15) is 0 Å². The fourth-order valence-corrected chi connectivity index (χ4v) is 0.0772. The third kappa shape index (κ3) is 3.89. The third-order valence-corrected chi connectivity index (χ3v) is 0.281. The van der Waals surface area contributed by atoms with Crippen LogP contribution in [0.5, 0.6) is 0 Å². The highest BCUT2D eigenvalue weighted by molar-refractivity contribution is 3.99. The fourth-order valence-electron chi connectivity index (χ4n) is 0.0772. The summed E-state index contributed by atoms with van der Waals surface area (Å²) in [6.07, 6.45) is 0. The maximum absolute atomic E-state index is 10.8. The molecule has 0 aromatic carbocycles. The van der Waals surface area contributed by atoms with E-state index in [0.29, 0.717) is 6.61 Å². The molecule has 0 aliphatic rings. The second kappa shape index (κ2) is 3.89. The molecule has 32 valence electrons. The quantitative estimate of drug-likeness (QED) is 0.477. The molecule has 0 aromatic heterocycles. The second-order valence-electron chi connectivity index (χ2n) is 0.602. The smallest absolute Gasteiger partial charge is 0.188 e. The SMILES string of the molecule is CCOCF. The Kier molecular flexibility index (Phi) is 3.80. The van der Waals surface area contributed by atoms with Crippen molar-refractivity contribution in [1.29, 1.82) is 0 Å². The van der Waals surface area contributed by atoms with E-state index in [-0.39, 0.29) is 0 Å². The molecular formula is C3H7FO. The van der Waals surface area contributed by atoms with Crippen LogP contribution in [0, 0.1) is 0 Å². The molecule has 0 fully saturated rings. The van der Waals surface area contributed by atoms with Crippen LogP contribution < -0.4 is 0 Å².